The smallest absolute Gasteiger partial charge is 0.229 e. The van der Waals surface area contributed by atoms with Gasteiger partial charge >= 0.3 is 0 Å². The fraction of sp³-hybridized carbons (Fsp3) is 0.176. The van der Waals surface area contributed by atoms with Crippen LogP contribution in [-0.4, -0.2) is 31.2 Å². The van der Waals surface area contributed by atoms with Crippen molar-refractivity contribution >= 4 is 27.0 Å². The molecular formula is C17H17N3O3S2. The lowest BCUT2D eigenvalue weighted by Crippen LogP contribution is -2.09. The van der Waals surface area contributed by atoms with Crippen molar-refractivity contribution in [3.05, 3.63) is 48.0 Å². The summed E-state index contributed by atoms with van der Waals surface area (Å²) in [6.45, 7) is 2.47. The van der Waals surface area contributed by atoms with E-state index in [1.807, 2.05) is 30.5 Å². The molecule has 1 N–H and O–H groups in total. The van der Waals surface area contributed by atoms with Gasteiger partial charge in [0.05, 0.1) is 18.6 Å². The van der Waals surface area contributed by atoms with Crippen LogP contribution in [0, 0.1) is 0 Å². The molecule has 0 aliphatic rings. The van der Waals surface area contributed by atoms with Crippen molar-refractivity contribution in [2.24, 2.45) is 0 Å². The third-order valence-corrected chi connectivity index (χ3v) is 4.74. The molecule has 0 radical (unpaired) electrons. The molecule has 1 aromatic carbocycles. The van der Waals surface area contributed by atoms with Crippen molar-refractivity contribution in [1.29, 1.82) is 0 Å². The molecule has 0 unspecified atom stereocenters. The van der Waals surface area contributed by atoms with Gasteiger partial charge in [0, 0.05) is 34.5 Å². The van der Waals surface area contributed by atoms with Crippen LogP contribution in [0.15, 0.2) is 48.0 Å². The van der Waals surface area contributed by atoms with Gasteiger partial charge in [0.2, 0.25) is 15.9 Å². The summed E-state index contributed by atoms with van der Waals surface area (Å²) in [6, 6.07) is 10.9. The summed E-state index contributed by atoms with van der Waals surface area (Å²) < 4.78 is 30.7. The Labute approximate surface area is 150 Å². The number of hydrogen-bond acceptors (Lipinski definition) is 6. The van der Waals surface area contributed by atoms with Gasteiger partial charge in [-0.3, -0.25) is 4.72 Å². The minimum atomic E-state index is -3.31. The topological polar surface area (TPSA) is 81.2 Å². The predicted octanol–water partition coefficient (Wildman–Crippen LogP) is 3.64. The van der Waals surface area contributed by atoms with E-state index in [0.717, 1.165) is 28.1 Å². The molecule has 0 bridgehead atoms. The Kier molecular flexibility index (Phi) is 5.00. The van der Waals surface area contributed by atoms with Crippen LogP contribution in [0.1, 0.15) is 6.92 Å². The second kappa shape index (κ2) is 7.20. The van der Waals surface area contributed by atoms with Crippen molar-refractivity contribution in [1.82, 2.24) is 9.97 Å². The maximum Gasteiger partial charge on any atom is 0.229 e. The number of rotatable bonds is 6. The van der Waals surface area contributed by atoms with Crippen LogP contribution >= 0.6 is 11.3 Å². The highest BCUT2D eigenvalue weighted by atomic mass is 32.2. The molecule has 130 valence electrons. The lowest BCUT2D eigenvalue weighted by atomic mass is 10.1. The van der Waals surface area contributed by atoms with Crippen LogP contribution in [-0.2, 0) is 10.0 Å². The van der Waals surface area contributed by atoms with Crippen molar-refractivity contribution in [3.63, 3.8) is 0 Å². The summed E-state index contributed by atoms with van der Waals surface area (Å²) in [7, 11) is -3.31. The van der Waals surface area contributed by atoms with Crippen molar-refractivity contribution < 1.29 is 13.2 Å². The summed E-state index contributed by atoms with van der Waals surface area (Å²) in [5, 5.41) is 2.79. The van der Waals surface area contributed by atoms with E-state index in [-0.39, 0.29) is 0 Å². The number of hydrogen-bond donors (Lipinski definition) is 1. The van der Waals surface area contributed by atoms with Gasteiger partial charge in [0.15, 0.2) is 0 Å². The van der Waals surface area contributed by atoms with Gasteiger partial charge in [-0.15, -0.1) is 11.3 Å². The number of ether oxygens (including phenoxy) is 1. The fourth-order valence-corrected chi connectivity index (χ4v) is 3.65. The zero-order valence-electron chi connectivity index (χ0n) is 13.8. The molecule has 8 heteroatoms. The number of benzene rings is 1. The number of aromatic nitrogens is 2. The van der Waals surface area contributed by atoms with E-state index in [1.54, 1.807) is 24.4 Å². The zero-order chi connectivity index (χ0) is 17.9. The average molecular weight is 375 g/mol. The minimum absolute atomic E-state index is 0.511. The second-order valence-electron chi connectivity index (χ2n) is 5.31. The van der Waals surface area contributed by atoms with Crippen molar-refractivity contribution in [2.45, 2.75) is 6.92 Å². The van der Waals surface area contributed by atoms with Gasteiger partial charge in [-0.2, -0.15) is 0 Å². The largest absolute Gasteiger partial charge is 0.478 e. The first-order valence-electron chi connectivity index (χ1n) is 7.57. The van der Waals surface area contributed by atoms with Gasteiger partial charge in [-0.1, -0.05) is 12.1 Å². The molecular weight excluding hydrogens is 358 g/mol. The Hall–Kier alpha value is -2.45. The fourth-order valence-electron chi connectivity index (χ4n) is 2.26. The Morgan fingerprint density at radius 2 is 2.04 bits per heavy atom. The monoisotopic (exact) mass is 375 g/mol. The van der Waals surface area contributed by atoms with Gasteiger partial charge in [0.25, 0.3) is 0 Å². The van der Waals surface area contributed by atoms with E-state index in [1.165, 1.54) is 11.3 Å². The van der Waals surface area contributed by atoms with E-state index in [2.05, 4.69) is 14.7 Å². The zero-order valence-corrected chi connectivity index (χ0v) is 15.4. The van der Waals surface area contributed by atoms with E-state index < -0.39 is 10.0 Å². The molecule has 0 aliphatic heterocycles. The number of sulfonamides is 1. The first kappa shape index (κ1) is 17.4. The molecule has 3 aromatic rings. The molecule has 2 aromatic heterocycles. The average Bonchev–Trinajstić information content (AvgIpc) is 3.04. The van der Waals surface area contributed by atoms with Gasteiger partial charge in [0.1, 0.15) is 5.01 Å². The lowest BCUT2D eigenvalue weighted by molar-refractivity contribution is 0.327. The third kappa shape index (κ3) is 4.55. The quantitative estimate of drug-likeness (QED) is 0.711. The number of nitrogens with zero attached hydrogens (tertiary/aromatic N) is 2. The molecule has 0 saturated carbocycles. The highest BCUT2D eigenvalue weighted by Gasteiger charge is 2.09. The maximum atomic E-state index is 11.4. The number of thiazole rings is 1. The lowest BCUT2D eigenvalue weighted by Gasteiger charge is -2.05. The van der Waals surface area contributed by atoms with Gasteiger partial charge < -0.3 is 4.74 Å². The first-order valence-corrected chi connectivity index (χ1v) is 10.3. The van der Waals surface area contributed by atoms with Crippen LogP contribution in [0.25, 0.3) is 21.8 Å². The van der Waals surface area contributed by atoms with Gasteiger partial charge in [-0.25, -0.2) is 18.4 Å². The maximum absolute atomic E-state index is 11.4. The molecule has 25 heavy (non-hydrogen) atoms. The highest BCUT2D eigenvalue weighted by molar-refractivity contribution is 7.92. The summed E-state index contributed by atoms with van der Waals surface area (Å²) >= 11 is 1.51. The summed E-state index contributed by atoms with van der Waals surface area (Å²) in [5.41, 5.74) is 3.07. The Morgan fingerprint density at radius 3 is 2.80 bits per heavy atom. The number of pyridine rings is 1. The van der Waals surface area contributed by atoms with Crippen LogP contribution in [0.3, 0.4) is 0 Å². The molecule has 0 aliphatic carbocycles. The van der Waals surface area contributed by atoms with Crippen LogP contribution < -0.4 is 9.46 Å². The Morgan fingerprint density at radius 1 is 1.20 bits per heavy atom. The van der Waals surface area contributed by atoms with Crippen molar-refractivity contribution in [3.8, 4) is 27.7 Å². The summed E-state index contributed by atoms with van der Waals surface area (Å²) in [6.07, 6.45) is 2.82. The molecule has 0 spiro atoms. The van der Waals surface area contributed by atoms with E-state index in [4.69, 9.17) is 4.74 Å². The second-order valence-corrected chi connectivity index (χ2v) is 7.92. The molecule has 0 amide bonds. The van der Waals surface area contributed by atoms with Crippen LogP contribution in [0.2, 0.25) is 0 Å². The molecule has 3 rings (SSSR count). The van der Waals surface area contributed by atoms with Crippen molar-refractivity contribution in [2.75, 3.05) is 17.6 Å². The molecule has 6 nitrogen and oxygen atoms in total. The minimum Gasteiger partial charge on any atom is -0.478 e. The molecule has 0 fully saturated rings. The van der Waals surface area contributed by atoms with Crippen LogP contribution in [0.4, 0.5) is 5.69 Å². The van der Waals surface area contributed by atoms with Crippen LogP contribution in [0.5, 0.6) is 5.88 Å². The van der Waals surface area contributed by atoms with E-state index in [9.17, 15) is 8.42 Å². The molecule has 0 saturated heterocycles. The standard InChI is InChI=1S/C17H17N3O3S2/c1-3-23-16-10-13(7-8-18-16)17-19-15(11-24-17)12-5-4-6-14(9-12)20-25(2,21)22/h4-11,20H,3H2,1-2H3. The molecule has 0 atom stereocenters. The number of anilines is 1. The SMILES string of the molecule is CCOc1cc(-c2nc(-c3cccc(NS(C)(=O)=O)c3)cs2)ccn1. The Bertz CT molecular complexity index is 984. The predicted molar refractivity (Wildman–Crippen MR) is 100 cm³/mol. The highest BCUT2D eigenvalue weighted by Crippen LogP contribution is 2.31. The first-order chi connectivity index (χ1) is 11.9. The summed E-state index contributed by atoms with van der Waals surface area (Å²) in [4.78, 5) is 8.80. The van der Waals surface area contributed by atoms with E-state index in [0.29, 0.717) is 18.2 Å². The van der Waals surface area contributed by atoms with E-state index >= 15 is 0 Å². The Balaban J connectivity index is 1.89. The van der Waals surface area contributed by atoms with Gasteiger partial charge in [-0.05, 0) is 25.1 Å². The third-order valence-electron chi connectivity index (χ3n) is 3.24. The summed E-state index contributed by atoms with van der Waals surface area (Å²) in [5.74, 6) is 0.566. The molecule has 2 heterocycles. The number of nitrogens with one attached hydrogen (secondary N) is 1. The normalized spacial score (nSPS) is 11.3.